The summed E-state index contributed by atoms with van der Waals surface area (Å²) in [5.41, 5.74) is 8.38. The third-order valence-corrected chi connectivity index (χ3v) is 2.38. The minimum absolute atomic E-state index is 0. The quantitative estimate of drug-likeness (QED) is 0.597. The molecule has 0 aromatic carbocycles. The lowest BCUT2D eigenvalue weighted by molar-refractivity contribution is 0.277. The van der Waals surface area contributed by atoms with Gasteiger partial charge in [0.15, 0.2) is 0 Å². The number of aliphatic hydroxyl groups is 1. The van der Waals surface area contributed by atoms with Crippen molar-refractivity contribution in [2.45, 2.75) is 60.8 Å². The average molecular weight is 349 g/mol. The summed E-state index contributed by atoms with van der Waals surface area (Å²) >= 11 is 0. The van der Waals surface area contributed by atoms with Crippen LogP contribution in [0, 0.1) is 5.92 Å². The number of nitrogens with two attached hydrogens (primary N) is 1. The summed E-state index contributed by atoms with van der Waals surface area (Å²) in [7, 11) is 5.24. The van der Waals surface area contributed by atoms with Gasteiger partial charge in [0.1, 0.15) is 0 Å². The average Bonchev–Trinajstić information content (AvgIpc) is 2.51. The monoisotopic (exact) mass is 348 g/mol. The van der Waals surface area contributed by atoms with E-state index < -0.39 is 0 Å². The maximum absolute atomic E-state index is 7.57. The Kier molecular flexibility index (Phi) is 39.2. The van der Waals surface area contributed by atoms with E-state index in [1.807, 2.05) is 7.05 Å². The van der Waals surface area contributed by atoms with Crippen LogP contribution in [0.3, 0.4) is 0 Å². The Hall–Kier alpha value is -0.680. The van der Waals surface area contributed by atoms with Gasteiger partial charge in [-0.25, -0.2) is 0 Å². The van der Waals surface area contributed by atoms with Gasteiger partial charge in [0.25, 0.3) is 0 Å². The number of methoxy groups -OCH3 is 1. The van der Waals surface area contributed by atoms with E-state index in [2.05, 4.69) is 56.8 Å². The molecule has 0 unspecified atom stereocenters. The lowest BCUT2D eigenvalue weighted by Crippen LogP contribution is -2.08. The van der Waals surface area contributed by atoms with Crippen LogP contribution in [0.25, 0.3) is 0 Å². The fourth-order valence-corrected chi connectivity index (χ4v) is 1.25. The number of nitrogens with one attached hydrogen (secondary N) is 1. The predicted molar refractivity (Wildman–Crippen MR) is 113 cm³/mol. The lowest BCUT2D eigenvalue weighted by Gasteiger charge is -2.06. The van der Waals surface area contributed by atoms with Gasteiger partial charge >= 0.3 is 0 Å². The molecule has 0 atom stereocenters. The number of hydrogen-bond acceptors (Lipinski definition) is 4. The van der Waals surface area contributed by atoms with Crippen molar-refractivity contribution < 1.29 is 11.3 Å². The third-order valence-electron chi connectivity index (χ3n) is 2.38. The Morgan fingerprint density at radius 3 is 1.96 bits per heavy atom. The highest BCUT2D eigenvalue weighted by atomic mass is 16.4. The first-order valence-electron chi connectivity index (χ1n) is 9.03. The zero-order chi connectivity index (χ0) is 19.8. The molecule has 0 amide bonds. The molecular weight excluding hydrogens is 300 g/mol. The van der Waals surface area contributed by atoms with Crippen LogP contribution < -0.4 is 11.1 Å². The first-order chi connectivity index (χ1) is 11.3. The van der Waals surface area contributed by atoms with Gasteiger partial charge < -0.3 is 20.9 Å². The van der Waals surface area contributed by atoms with E-state index in [4.69, 9.17) is 10.8 Å². The highest BCUT2D eigenvalue weighted by Crippen LogP contribution is 2.13. The molecule has 0 aliphatic carbocycles. The van der Waals surface area contributed by atoms with Gasteiger partial charge in [-0.1, -0.05) is 45.4 Å². The van der Waals surface area contributed by atoms with Crippen molar-refractivity contribution in [3.05, 3.63) is 23.3 Å². The van der Waals surface area contributed by atoms with Gasteiger partial charge in [-0.2, -0.15) is 0 Å². The number of ether oxygens (including phenoxy) is 1. The molecule has 0 aromatic rings. The molecule has 4 nitrogen and oxygen atoms in total. The van der Waals surface area contributed by atoms with Gasteiger partial charge in [-0.15, -0.1) is 0 Å². The third kappa shape index (κ3) is 42.9. The van der Waals surface area contributed by atoms with Crippen LogP contribution in [0.5, 0.6) is 0 Å². The van der Waals surface area contributed by atoms with Crippen LogP contribution >= 0.6 is 0 Å². The maximum Gasteiger partial charge on any atom is 0.0402 e. The van der Waals surface area contributed by atoms with E-state index in [9.17, 15) is 0 Å². The molecule has 0 radical (unpaired) electrons. The van der Waals surface area contributed by atoms with Crippen molar-refractivity contribution in [1.29, 1.82) is 0 Å². The van der Waals surface area contributed by atoms with Crippen LogP contribution in [0.15, 0.2) is 23.3 Å². The van der Waals surface area contributed by atoms with Crippen LogP contribution in [-0.4, -0.2) is 46.1 Å². The second kappa shape index (κ2) is 30.2. The van der Waals surface area contributed by atoms with E-state index in [0.29, 0.717) is 0 Å². The first-order valence-corrected chi connectivity index (χ1v) is 9.03. The topological polar surface area (TPSA) is 67.5 Å². The molecule has 4 N–H and O–H groups in total. The van der Waals surface area contributed by atoms with E-state index in [-0.39, 0.29) is 8.03 Å². The van der Waals surface area contributed by atoms with Crippen molar-refractivity contribution in [2.75, 3.05) is 41.0 Å². The Balaban J connectivity index is -0.000000100. The molecule has 0 spiro atoms. The molecule has 24 heavy (non-hydrogen) atoms. The summed E-state index contributed by atoms with van der Waals surface area (Å²) in [5.74, 6) is 0.833. The molecule has 0 fully saturated rings. The summed E-state index contributed by atoms with van der Waals surface area (Å²) in [5, 5.41) is 10.7. The zero-order valence-corrected chi connectivity index (χ0v) is 17.9. The zero-order valence-electron chi connectivity index (χ0n) is 17.9. The molecular formula is C20H48N2O2. The number of hydrogen-bond donors (Lipinski definition) is 3. The van der Waals surface area contributed by atoms with Gasteiger partial charge in [0, 0.05) is 22.3 Å². The molecule has 0 bridgehead atoms. The van der Waals surface area contributed by atoms with Crippen molar-refractivity contribution >= 4 is 0 Å². The Morgan fingerprint density at radius 2 is 1.67 bits per heavy atom. The standard InChI is InChI=1S/C12H24N2.C4H10.2C2H6O.H2/c1-4-11(2)12(8-10-14-3)7-5-6-9-13;1-4(2)3;1-3-2;1-2-3;/h5,7,14H,4,6,8-10,13H2,1-3H3;4H,1-3H3;1-2H3;3H,2H2,1H3;1H/b7-5-,12-11+;;;;. The smallest absolute Gasteiger partial charge is 0.0402 e. The minimum Gasteiger partial charge on any atom is -0.397 e. The van der Waals surface area contributed by atoms with Crippen molar-refractivity contribution in [1.82, 2.24) is 5.32 Å². The van der Waals surface area contributed by atoms with Gasteiger partial charge in [-0.05, 0) is 64.7 Å². The van der Waals surface area contributed by atoms with Gasteiger partial charge in [0.2, 0.25) is 0 Å². The van der Waals surface area contributed by atoms with E-state index in [0.717, 1.165) is 38.3 Å². The van der Waals surface area contributed by atoms with Crippen LogP contribution in [0.4, 0.5) is 0 Å². The first kappa shape index (κ1) is 31.1. The van der Waals surface area contributed by atoms with Gasteiger partial charge in [-0.3, -0.25) is 0 Å². The van der Waals surface area contributed by atoms with E-state index >= 15 is 0 Å². The summed E-state index contributed by atoms with van der Waals surface area (Å²) in [6, 6.07) is 0. The van der Waals surface area contributed by atoms with E-state index in [1.165, 1.54) is 11.1 Å². The highest BCUT2D eigenvalue weighted by molar-refractivity contribution is 5.24. The minimum atomic E-state index is 0. The normalized spacial score (nSPS) is 10.8. The summed E-state index contributed by atoms with van der Waals surface area (Å²) in [6.45, 7) is 14.6. The lowest BCUT2D eigenvalue weighted by atomic mass is 10.0. The maximum atomic E-state index is 7.57. The molecule has 4 heteroatoms. The molecule has 150 valence electrons. The van der Waals surface area contributed by atoms with Crippen molar-refractivity contribution in [3.8, 4) is 0 Å². The van der Waals surface area contributed by atoms with Crippen molar-refractivity contribution in [3.63, 3.8) is 0 Å². The second-order valence-electron chi connectivity index (χ2n) is 5.95. The van der Waals surface area contributed by atoms with Crippen LogP contribution in [0.1, 0.15) is 62.2 Å². The summed E-state index contributed by atoms with van der Waals surface area (Å²) in [6.07, 6.45) is 7.61. The summed E-state index contributed by atoms with van der Waals surface area (Å²) in [4.78, 5) is 0. The SMILES string of the molecule is CC(C)C.CC/C(C)=C(\C=C/CCN)CCNC.CCO.COC.[HH]. The molecule has 0 rings (SSSR count). The van der Waals surface area contributed by atoms with Crippen LogP contribution in [0.2, 0.25) is 0 Å². The highest BCUT2D eigenvalue weighted by Gasteiger charge is 1.96. The molecule has 0 saturated heterocycles. The molecule has 0 aliphatic rings. The van der Waals surface area contributed by atoms with E-state index in [1.54, 1.807) is 21.1 Å². The Morgan fingerprint density at radius 1 is 1.25 bits per heavy atom. The molecule has 0 aliphatic heterocycles. The summed E-state index contributed by atoms with van der Waals surface area (Å²) < 4.78 is 4.25. The predicted octanol–water partition coefficient (Wildman–Crippen LogP) is 4.40. The number of rotatable bonds is 7. The number of aliphatic hydroxyl groups excluding tert-OH is 1. The molecule has 0 aromatic heterocycles. The molecule has 0 heterocycles. The molecule has 0 saturated carbocycles. The number of allylic oxidation sites excluding steroid dienone is 2. The Labute approximate surface area is 154 Å². The Bertz CT molecular complexity index is 264. The van der Waals surface area contributed by atoms with Gasteiger partial charge in [0.05, 0.1) is 0 Å². The second-order valence-corrected chi connectivity index (χ2v) is 5.95. The van der Waals surface area contributed by atoms with Crippen LogP contribution in [-0.2, 0) is 4.74 Å². The van der Waals surface area contributed by atoms with Crippen molar-refractivity contribution in [2.24, 2.45) is 11.7 Å². The fourth-order valence-electron chi connectivity index (χ4n) is 1.25. The largest absolute Gasteiger partial charge is 0.397 e. The fraction of sp³-hybridized carbons (Fsp3) is 0.800.